The Bertz CT molecular complexity index is 834. The smallest absolute Gasteiger partial charge is 0.323 e. The Morgan fingerprint density at radius 3 is 2.54 bits per heavy atom. The first-order valence-corrected chi connectivity index (χ1v) is 8.38. The van der Waals surface area contributed by atoms with Gasteiger partial charge in [0.2, 0.25) is 0 Å². The monoisotopic (exact) mass is 321 g/mol. The minimum atomic E-state index is -0.229. The SMILES string of the molecule is CCCCc1ccc(NC(=O)Nc2cn(C)c3ccccc23)cc1. The van der Waals surface area contributed by atoms with Crippen LogP contribution >= 0.6 is 0 Å². The topological polar surface area (TPSA) is 46.1 Å². The van der Waals surface area contributed by atoms with Gasteiger partial charge >= 0.3 is 6.03 Å². The molecule has 0 aliphatic carbocycles. The van der Waals surface area contributed by atoms with Crippen LogP contribution in [0.1, 0.15) is 25.3 Å². The van der Waals surface area contributed by atoms with E-state index in [-0.39, 0.29) is 6.03 Å². The van der Waals surface area contributed by atoms with Crippen molar-refractivity contribution in [3.8, 4) is 0 Å². The summed E-state index contributed by atoms with van der Waals surface area (Å²) in [4.78, 5) is 12.3. The summed E-state index contributed by atoms with van der Waals surface area (Å²) >= 11 is 0. The number of rotatable bonds is 5. The van der Waals surface area contributed by atoms with Crippen molar-refractivity contribution in [1.29, 1.82) is 0 Å². The molecule has 0 aliphatic heterocycles. The molecule has 0 unspecified atom stereocenters. The van der Waals surface area contributed by atoms with E-state index in [2.05, 4.69) is 29.7 Å². The van der Waals surface area contributed by atoms with Crippen molar-refractivity contribution < 1.29 is 4.79 Å². The highest BCUT2D eigenvalue weighted by atomic mass is 16.2. The second-order valence-electron chi connectivity index (χ2n) is 6.05. The molecule has 0 radical (unpaired) electrons. The van der Waals surface area contributed by atoms with E-state index >= 15 is 0 Å². The Morgan fingerprint density at radius 2 is 1.79 bits per heavy atom. The molecule has 3 aromatic rings. The summed E-state index contributed by atoms with van der Waals surface area (Å²) in [5, 5.41) is 6.85. The van der Waals surface area contributed by atoms with Crippen LogP contribution in [0.5, 0.6) is 0 Å². The highest BCUT2D eigenvalue weighted by Crippen LogP contribution is 2.25. The molecule has 124 valence electrons. The molecule has 0 aliphatic rings. The van der Waals surface area contributed by atoms with Gasteiger partial charge in [-0.1, -0.05) is 43.7 Å². The number of aryl methyl sites for hydroxylation is 2. The fraction of sp³-hybridized carbons (Fsp3) is 0.250. The molecule has 1 heterocycles. The van der Waals surface area contributed by atoms with Crippen LogP contribution in [0.3, 0.4) is 0 Å². The lowest BCUT2D eigenvalue weighted by Gasteiger charge is -2.08. The van der Waals surface area contributed by atoms with Crippen molar-refractivity contribution in [2.75, 3.05) is 10.6 Å². The van der Waals surface area contributed by atoms with E-state index in [1.165, 1.54) is 18.4 Å². The van der Waals surface area contributed by atoms with Crippen molar-refractivity contribution >= 4 is 28.3 Å². The molecular weight excluding hydrogens is 298 g/mol. The van der Waals surface area contributed by atoms with Crippen LogP contribution in [0.25, 0.3) is 10.9 Å². The Balaban J connectivity index is 1.66. The molecular formula is C20H23N3O. The fourth-order valence-corrected chi connectivity index (χ4v) is 2.86. The molecule has 2 amide bonds. The summed E-state index contributed by atoms with van der Waals surface area (Å²) in [5.41, 5.74) is 4.00. The number of anilines is 2. The van der Waals surface area contributed by atoms with E-state index in [9.17, 15) is 4.79 Å². The van der Waals surface area contributed by atoms with Crippen LogP contribution in [0.4, 0.5) is 16.2 Å². The molecule has 4 nitrogen and oxygen atoms in total. The van der Waals surface area contributed by atoms with Crippen molar-refractivity contribution in [2.24, 2.45) is 7.05 Å². The molecule has 2 N–H and O–H groups in total. The number of nitrogens with one attached hydrogen (secondary N) is 2. The third-order valence-corrected chi connectivity index (χ3v) is 4.18. The molecule has 0 saturated heterocycles. The third kappa shape index (κ3) is 3.59. The van der Waals surface area contributed by atoms with Gasteiger partial charge in [-0.25, -0.2) is 4.79 Å². The number of nitrogens with zero attached hydrogens (tertiary/aromatic N) is 1. The number of amides is 2. The maximum Gasteiger partial charge on any atom is 0.323 e. The maximum atomic E-state index is 12.3. The predicted molar refractivity (Wildman–Crippen MR) is 101 cm³/mol. The Labute approximate surface area is 142 Å². The third-order valence-electron chi connectivity index (χ3n) is 4.18. The van der Waals surface area contributed by atoms with Gasteiger partial charge in [0.25, 0.3) is 0 Å². The second-order valence-corrected chi connectivity index (χ2v) is 6.05. The minimum Gasteiger partial charge on any atom is -0.348 e. The molecule has 0 saturated carbocycles. The lowest BCUT2D eigenvalue weighted by atomic mass is 10.1. The van der Waals surface area contributed by atoms with Gasteiger partial charge in [-0.05, 0) is 36.6 Å². The van der Waals surface area contributed by atoms with Crippen LogP contribution < -0.4 is 10.6 Å². The molecule has 0 bridgehead atoms. The largest absolute Gasteiger partial charge is 0.348 e. The average molecular weight is 321 g/mol. The van der Waals surface area contributed by atoms with Crippen LogP contribution in [-0.4, -0.2) is 10.6 Å². The van der Waals surface area contributed by atoms with Crippen LogP contribution in [0, 0.1) is 0 Å². The van der Waals surface area contributed by atoms with E-state index in [0.29, 0.717) is 0 Å². The molecule has 1 aromatic heterocycles. The van der Waals surface area contributed by atoms with Gasteiger partial charge in [0.1, 0.15) is 0 Å². The number of urea groups is 1. The van der Waals surface area contributed by atoms with Crippen LogP contribution in [-0.2, 0) is 13.5 Å². The molecule has 0 fully saturated rings. The van der Waals surface area contributed by atoms with Gasteiger partial charge in [0, 0.05) is 29.8 Å². The summed E-state index contributed by atoms with van der Waals surface area (Å²) in [6, 6.07) is 15.8. The van der Waals surface area contributed by atoms with Crippen molar-refractivity contribution in [3.63, 3.8) is 0 Å². The van der Waals surface area contributed by atoms with E-state index in [0.717, 1.165) is 28.7 Å². The van der Waals surface area contributed by atoms with Crippen molar-refractivity contribution in [1.82, 2.24) is 4.57 Å². The average Bonchev–Trinajstić information content (AvgIpc) is 2.90. The van der Waals surface area contributed by atoms with Gasteiger partial charge in [-0.15, -0.1) is 0 Å². The number of hydrogen-bond donors (Lipinski definition) is 2. The number of fused-ring (bicyclic) bond motifs is 1. The zero-order chi connectivity index (χ0) is 16.9. The fourth-order valence-electron chi connectivity index (χ4n) is 2.86. The summed E-state index contributed by atoms with van der Waals surface area (Å²) in [5.74, 6) is 0. The van der Waals surface area contributed by atoms with Gasteiger partial charge in [-0.3, -0.25) is 0 Å². The number of unbranched alkanes of at least 4 members (excludes halogenated alkanes) is 1. The zero-order valence-corrected chi connectivity index (χ0v) is 14.2. The first-order chi connectivity index (χ1) is 11.7. The van der Waals surface area contributed by atoms with E-state index < -0.39 is 0 Å². The standard InChI is InChI=1S/C20H23N3O/c1-3-4-7-15-10-12-16(13-11-15)21-20(24)22-18-14-23(2)19-9-6-5-8-17(18)19/h5-6,8-14H,3-4,7H2,1-2H3,(H2,21,22,24). The molecule has 0 spiro atoms. The first kappa shape index (κ1) is 16.1. The zero-order valence-electron chi connectivity index (χ0n) is 14.2. The predicted octanol–water partition coefficient (Wildman–Crippen LogP) is 5.16. The maximum absolute atomic E-state index is 12.3. The number of hydrogen-bond acceptors (Lipinski definition) is 1. The van der Waals surface area contributed by atoms with E-state index in [4.69, 9.17) is 0 Å². The Hall–Kier alpha value is -2.75. The number of carbonyl (C=O) groups is 1. The number of aromatic nitrogens is 1. The van der Waals surface area contributed by atoms with Gasteiger partial charge in [-0.2, -0.15) is 0 Å². The minimum absolute atomic E-state index is 0.229. The Kier molecular flexibility index (Phi) is 4.85. The van der Waals surface area contributed by atoms with E-state index in [1.807, 2.05) is 54.2 Å². The molecule has 0 atom stereocenters. The normalized spacial score (nSPS) is 10.8. The quantitative estimate of drug-likeness (QED) is 0.669. The van der Waals surface area contributed by atoms with Crippen molar-refractivity contribution in [2.45, 2.75) is 26.2 Å². The number of para-hydroxylation sites is 1. The highest BCUT2D eigenvalue weighted by molar-refractivity contribution is 6.06. The summed E-state index contributed by atoms with van der Waals surface area (Å²) < 4.78 is 2.01. The lowest BCUT2D eigenvalue weighted by Crippen LogP contribution is -2.19. The molecule has 4 heteroatoms. The highest BCUT2D eigenvalue weighted by Gasteiger charge is 2.09. The first-order valence-electron chi connectivity index (χ1n) is 8.38. The molecule has 24 heavy (non-hydrogen) atoms. The molecule has 2 aromatic carbocycles. The summed E-state index contributed by atoms with van der Waals surface area (Å²) in [6.07, 6.45) is 5.39. The molecule has 3 rings (SSSR count). The lowest BCUT2D eigenvalue weighted by molar-refractivity contribution is 0.262. The van der Waals surface area contributed by atoms with Gasteiger partial charge < -0.3 is 15.2 Å². The van der Waals surface area contributed by atoms with Gasteiger partial charge in [0.05, 0.1) is 5.69 Å². The van der Waals surface area contributed by atoms with Crippen LogP contribution in [0.2, 0.25) is 0 Å². The summed E-state index contributed by atoms with van der Waals surface area (Å²) in [6.45, 7) is 2.19. The van der Waals surface area contributed by atoms with E-state index in [1.54, 1.807) is 0 Å². The van der Waals surface area contributed by atoms with Crippen molar-refractivity contribution in [3.05, 3.63) is 60.3 Å². The van der Waals surface area contributed by atoms with Gasteiger partial charge in [0.15, 0.2) is 0 Å². The second kappa shape index (κ2) is 7.21. The number of benzene rings is 2. The number of carbonyl (C=O) groups excluding carboxylic acids is 1. The summed E-state index contributed by atoms with van der Waals surface area (Å²) in [7, 11) is 1.97. The Morgan fingerprint density at radius 1 is 1.04 bits per heavy atom. The van der Waals surface area contributed by atoms with Crippen LogP contribution in [0.15, 0.2) is 54.7 Å².